The van der Waals surface area contributed by atoms with Crippen LogP contribution in [0.5, 0.6) is 5.75 Å². The number of rotatable bonds is 3. The third kappa shape index (κ3) is 3.22. The SMILES string of the molecule is CCOc1ccc(C2C(C#N)=C3Sc4ccccc4N3C(=N)C2=C2Nc3ccccc3S2)cc1. The first kappa shape index (κ1) is 21.0. The monoisotopic (exact) mass is 480 g/mol. The molecule has 0 fully saturated rings. The summed E-state index contributed by atoms with van der Waals surface area (Å²) in [6.07, 6.45) is 0. The fourth-order valence-electron chi connectivity index (χ4n) is 4.56. The number of fused-ring (bicyclic) bond motifs is 4. The molecule has 1 atom stereocenters. The number of thioether (sulfide) groups is 2. The Balaban J connectivity index is 1.56. The normalized spacial score (nSPS) is 20.4. The highest BCUT2D eigenvalue weighted by atomic mass is 32.2. The lowest BCUT2D eigenvalue weighted by molar-refractivity contribution is 0.340. The van der Waals surface area contributed by atoms with Crippen molar-refractivity contribution in [1.29, 1.82) is 10.7 Å². The van der Waals surface area contributed by atoms with Crippen LogP contribution in [0.1, 0.15) is 18.4 Å². The smallest absolute Gasteiger partial charge is 0.137 e. The summed E-state index contributed by atoms with van der Waals surface area (Å²) in [5.74, 6) is 0.834. The molecule has 6 rings (SSSR count). The molecule has 5 nitrogen and oxygen atoms in total. The first-order chi connectivity index (χ1) is 16.7. The van der Waals surface area contributed by atoms with Gasteiger partial charge >= 0.3 is 0 Å². The first-order valence-corrected chi connectivity index (χ1v) is 12.6. The Labute approximate surface area is 206 Å². The van der Waals surface area contributed by atoms with Crippen molar-refractivity contribution in [1.82, 2.24) is 0 Å². The number of benzene rings is 3. The molecule has 1 unspecified atom stereocenters. The van der Waals surface area contributed by atoms with Gasteiger partial charge in [-0.25, -0.2) is 0 Å². The van der Waals surface area contributed by atoms with Gasteiger partial charge in [-0.3, -0.25) is 10.3 Å². The molecule has 0 bridgehead atoms. The Morgan fingerprint density at radius 1 is 1.00 bits per heavy atom. The zero-order valence-electron chi connectivity index (χ0n) is 18.3. The molecule has 3 aromatic carbocycles. The van der Waals surface area contributed by atoms with Crippen LogP contribution >= 0.6 is 23.5 Å². The molecule has 0 saturated carbocycles. The Bertz CT molecular complexity index is 1410. The van der Waals surface area contributed by atoms with Gasteiger partial charge in [-0.15, -0.1) is 0 Å². The van der Waals surface area contributed by atoms with Gasteiger partial charge in [-0.1, -0.05) is 59.9 Å². The van der Waals surface area contributed by atoms with Crippen LogP contribution < -0.4 is 15.0 Å². The molecule has 0 aromatic heterocycles. The second-order valence-electron chi connectivity index (χ2n) is 7.99. The van der Waals surface area contributed by atoms with Crippen molar-refractivity contribution < 1.29 is 4.74 Å². The van der Waals surface area contributed by atoms with Crippen LogP contribution in [0.3, 0.4) is 0 Å². The molecule has 3 heterocycles. The summed E-state index contributed by atoms with van der Waals surface area (Å²) in [7, 11) is 0. The van der Waals surface area contributed by atoms with Gasteiger partial charge in [-0.05, 0) is 48.9 Å². The molecule has 0 aliphatic carbocycles. The number of nitriles is 1. The lowest BCUT2D eigenvalue weighted by Crippen LogP contribution is -2.37. The summed E-state index contributed by atoms with van der Waals surface area (Å²) in [5, 5.41) is 25.0. The third-order valence-corrected chi connectivity index (χ3v) is 8.30. The molecular weight excluding hydrogens is 460 g/mol. The van der Waals surface area contributed by atoms with Crippen LogP contribution in [-0.2, 0) is 0 Å². The fraction of sp³-hybridized carbons (Fsp3) is 0.111. The summed E-state index contributed by atoms with van der Waals surface area (Å²) in [6.45, 7) is 2.56. The molecule has 3 aliphatic heterocycles. The maximum atomic E-state index is 10.4. The van der Waals surface area contributed by atoms with Gasteiger partial charge in [0.15, 0.2) is 0 Å². The molecule has 2 N–H and O–H groups in total. The Hall–Kier alpha value is -3.60. The molecule has 0 saturated heterocycles. The minimum Gasteiger partial charge on any atom is -0.494 e. The van der Waals surface area contributed by atoms with Crippen LogP contribution in [0, 0.1) is 16.7 Å². The maximum Gasteiger partial charge on any atom is 0.137 e. The number of nitrogens with zero attached hydrogens (tertiary/aromatic N) is 2. The summed E-state index contributed by atoms with van der Waals surface area (Å²) in [6, 6.07) is 26.6. The molecule has 3 aliphatic rings. The predicted molar refractivity (Wildman–Crippen MR) is 138 cm³/mol. The fourth-order valence-corrected chi connectivity index (χ4v) is 6.81. The second-order valence-corrected chi connectivity index (χ2v) is 10.1. The van der Waals surface area contributed by atoms with Gasteiger partial charge in [0.25, 0.3) is 0 Å². The predicted octanol–water partition coefficient (Wildman–Crippen LogP) is 6.94. The van der Waals surface area contributed by atoms with E-state index in [1.54, 1.807) is 23.5 Å². The van der Waals surface area contributed by atoms with Crippen LogP contribution in [0.15, 0.2) is 104 Å². The lowest BCUT2D eigenvalue weighted by Gasteiger charge is -2.35. The van der Waals surface area contributed by atoms with Gasteiger partial charge in [0.05, 0.1) is 40.6 Å². The van der Waals surface area contributed by atoms with Gasteiger partial charge in [0.2, 0.25) is 0 Å². The summed E-state index contributed by atoms with van der Waals surface area (Å²) in [5.41, 5.74) is 4.40. The van der Waals surface area contributed by atoms with Crippen molar-refractivity contribution in [3.8, 4) is 11.8 Å². The van der Waals surface area contributed by atoms with Crippen molar-refractivity contribution in [2.45, 2.75) is 22.6 Å². The molecule has 34 heavy (non-hydrogen) atoms. The number of anilines is 2. The maximum absolute atomic E-state index is 10.4. The minimum absolute atomic E-state index is 0.356. The van der Waals surface area contributed by atoms with E-state index in [0.717, 1.165) is 48.1 Å². The number of para-hydroxylation sites is 2. The second kappa shape index (κ2) is 8.32. The summed E-state index contributed by atoms with van der Waals surface area (Å²) in [4.78, 5) is 4.10. The van der Waals surface area contributed by atoms with E-state index < -0.39 is 0 Å². The Morgan fingerprint density at radius 2 is 1.74 bits per heavy atom. The lowest BCUT2D eigenvalue weighted by atomic mass is 9.82. The van der Waals surface area contributed by atoms with E-state index in [9.17, 15) is 10.7 Å². The number of hydrogen-bond acceptors (Lipinski definition) is 6. The van der Waals surface area contributed by atoms with Gasteiger partial charge in [0.1, 0.15) is 16.6 Å². The van der Waals surface area contributed by atoms with E-state index in [4.69, 9.17) is 4.74 Å². The van der Waals surface area contributed by atoms with Crippen molar-refractivity contribution >= 4 is 40.7 Å². The number of amidine groups is 1. The van der Waals surface area contributed by atoms with Crippen LogP contribution in [-0.4, -0.2) is 12.4 Å². The van der Waals surface area contributed by atoms with E-state index in [2.05, 4.69) is 17.5 Å². The van der Waals surface area contributed by atoms with Gasteiger partial charge in [0, 0.05) is 15.4 Å². The van der Waals surface area contributed by atoms with Crippen LogP contribution in [0.25, 0.3) is 0 Å². The van der Waals surface area contributed by atoms with E-state index in [0.29, 0.717) is 18.0 Å². The summed E-state index contributed by atoms with van der Waals surface area (Å²) < 4.78 is 5.64. The van der Waals surface area contributed by atoms with Crippen molar-refractivity contribution in [3.63, 3.8) is 0 Å². The Morgan fingerprint density at radius 3 is 2.47 bits per heavy atom. The highest BCUT2D eigenvalue weighted by Crippen LogP contribution is 2.56. The zero-order valence-corrected chi connectivity index (χ0v) is 20.0. The van der Waals surface area contributed by atoms with Crippen molar-refractivity contribution in [2.75, 3.05) is 16.8 Å². The van der Waals surface area contributed by atoms with Crippen LogP contribution in [0.2, 0.25) is 0 Å². The van der Waals surface area contributed by atoms with E-state index in [-0.39, 0.29) is 5.92 Å². The molecule has 0 radical (unpaired) electrons. The highest BCUT2D eigenvalue weighted by Gasteiger charge is 2.44. The van der Waals surface area contributed by atoms with E-state index in [1.807, 2.05) is 78.6 Å². The zero-order chi connectivity index (χ0) is 23.2. The number of nitrogens with one attached hydrogen (secondary N) is 2. The first-order valence-electron chi connectivity index (χ1n) is 11.0. The van der Waals surface area contributed by atoms with Crippen molar-refractivity contribution in [3.05, 3.63) is 99.6 Å². The average molecular weight is 481 g/mol. The minimum atomic E-state index is -0.356. The van der Waals surface area contributed by atoms with Crippen LogP contribution in [0.4, 0.5) is 11.4 Å². The topological polar surface area (TPSA) is 72.1 Å². The third-order valence-electron chi connectivity index (χ3n) is 6.04. The quantitative estimate of drug-likeness (QED) is 0.423. The number of hydrogen-bond donors (Lipinski definition) is 2. The van der Waals surface area contributed by atoms with Gasteiger partial charge in [-0.2, -0.15) is 5.26 Å². The molecule has 166 valence electrons. The largest absolute Gasteiger partial charge is 0.494 e. The number of allylic oxidation sites excluding steroid dienone is 1. The summed E-state index contributed by atoms with van der Waals surface area (Å²) >= 11 is 3.19. The van der Waals surface area contributed by atoms with E-state index in [1.165, 1.54) is 0 Å². The van der Waals surface area contributed by atoms with E-state index >= 15 is 0 Å². The molecular formula is C27H20N4OS2. The molecule has 0 amide bonds. The highest BCUT2D eigenvalue weighted by molar-refractivity contribution is 8.04. The standard InChI is InChI=1S/C27H20N4OS2/c1-2-32-17-13-11-16(12-14-17)23-18(15-28)27-31(20-8-4-6-10-22(20)34-27)25(29)24(23)26-30-19-7-3-5-9-21(19)33-26/h3-14,23,29-30H,2H2,1H3. The Kier molecular flexibility index (Phi) is 5.13. The van der Waals surface area contributed by atoms with Gasteiger partial charge < -0.3 is 10.1 Å². The molecule has 0 spiro atoms. The number of ether oxygens (including phenoxy) is 1. The molecule has 7 heteroatoms. The average Bonchev–Trinajstić information content (AvgIpc) is 3.46. The van der Waals surface area contributed by atoms with Crippen molar-refractivity contribution in [2.24, 2.45) is 0 Å². The molecule has 3 aromatic rings.